The SMILES string of the molecule is CCCCOc1c(I)cc(/C=C2\N=C(c3ccc(C)c([N+](=O)[O-])c3)OC2=O)cc1OCC. The van der Waals surface area contributed by atoms with E-state index >= 15 is 0 Å². The van der Waals surface area contributed by atoms with Crippen molar-refractivity contribution in [2.75, 3.05) is 13.2 Å². The van der Waals surface area contributed by atoms with Gasteiger partial charge in [-0.2, -0.15) is 0 Å². The first kappa shape index (κ1) is 23.7. The largest absolute Gasteiger partial charge is 0.490 e. The van der Waals surface area contributed by atoms with E-state index in [0.717, 1.165) is 16.4 Å². The van der Waals surface area contributed by atoms with Crippen LogP contribution in [0.1, 0.15) is 43.4 Å². The minimum absolute atomic E-state index is 0.0311. The fourth-order valence-corrected chi connectivity index (χ4v) is 3.80. The third-order valence-corrected chi connectivity index (χ3v) is 5.45. The first-order valence-electron chi connectivity index (χ1n) is 10.2. The summed E-state index contributed by atoms with van der Waals surface area (Å²) >= 11 is 2.17. The minimum Gasteiger partial charge on any atom is -0.490 e. The quantitative estimate of drug-likeness (QED) is 0.103. The molecule has 1 heterocycles. The zero-order valence-corrected chi connectivity index (χ0v) is 20.2. The number of ether oxygens (including phenoxy) is 3. The molecular weight excluding hydrogens is 527 g/mol. The highest BCUT2D eigenvalue weighted by atomic mass is 127. The van der Waals surface area contributed by atoms with Crippen LogP contribution in [0.4, 0.5) is 5.69 Å². The smallest absolute Gasteiger partial charge is 0.363 e. The number of rotatable bonds is 9. The number of benzene rings is 2. The van der Waals surface area contributed by atoms with Crippen molar-refractivity contribution in [3.8, 4) is 11.5 Å². The van der Waals surface area contributed by atoms with Gasteiger partial charge in [0.15, 0.2) is 17.2 Å². The Labute approximate surface area is 199 Å². The number of carbonyl (C=O) groups is 1. The first-order valence-corrected chi connectivity index (χ1v) is 11.3. The highest BCUT2D eigenvalue weighted by Crippen LogP contribution is 2.35. The summed E-state index contributed by atoms with van der Waals surface area (Å²) in [4.78, 5) is 27.4. The van der Waals surface area contributed by atoms with E-state index in [2.05, 4.69) is 34.5 Å². The lowest BCUT2D eigenvalue weighted by Gasteiger charge is -2.14. The number of esters is 1. The highest BCUT2D eigenvalue weighted by molar-refractivity contribution is 14.1. The van der Waals surface area contributed by atoms with E-state index in [0.29, 0.717) is 41.4 Å². The van der Waals surface area contributed by atoms with Gasteiger partial charge >= 0.3 is 5.97 Å². The van der Waals surface area contributed by atoms with Crippen LogP contribution in [0.5, 0.6) is 11.5 Å². The summed E-state index contributed by atoms with van der Waals surface area (Å²) in [6.45, 7) is 6.69. The second-order valence-electron chi connectivity index (χ2n) is 7.06. The molecule has 168 valence electrons. The van der Waals surface area contributed by atoms with Gasteiger partial charge in [0, 0.05) is 17.2 Å². The van der Waals surface area contributed by atoms with E-state index in [9.17, 15) is 14.9 Å². The van der Waals surface area contributed by atoms with Gasteiger partial charge < -0.3 is 14.2 Å². The van der Waals surface area contributed by atoms with Crippen LogP contribution < -0.4 is 9.47 Å². The molecule has 0 saturated carbocycles. The summed E-state index contributed by atoms with van der Waals surface area (Å²) in [5.74, 6) is 0.670. The summed E-state index contributed by atoms with van der Waals surface area (Å²) in [6.07, 6.45) is 3.56. The molecule has 0 saturated heterocycles. The fourth-order valence-electron chi connectivity index (χ4n) is 3.02. The van der Waals surface area contributed by atoms with Crippen LogP contribution in [0.2, 0.25) is 0 Å². The van der Waals surface area contributed by atoms with Gasteiger partial charge in [-0.3, -0.25) is 10.1 Å². The van der Waals surface area contributed by atoms with Crippen molar-refractivity contribution in [3.63, 3.8) is 0 Å². The molecule has 0 aliphatic carbocycles. The maximum absolute atomic E-state index is 12.4. The normalized spacial score (nSPS) is 14.3. The monoisotopic (exact) mass is 550 g/mol. The lowest BCUT2D eigenvalue weighted by molar-refractivity contribution is -0.385. The molecule has 1 aliphatic rings. The lowest BCUT2D eigenvalue weighted by atomic mass is 10.1. The Balaban J connectivity index is 1.94. The van der Waals surface area contributed by atoms with Crippen molar-refractivity contribution in [1.29, 1.82) is 0 Å². The molecule has 1 aliphatic heterocycles. The molecule has 0 radical (unpaired) electrons. The van der Waals surface area contributed by atoms with Gasteiger partial charge in [0.05, 0.1) is 21.7 Å². The number of hydrogen-bond donors (Lipinski definition) is 0. The summed E-state index contributed by atoms with van der Waals surface area (Å²) in [6, 6.07) is 8.24. The van der Waals surface area contributed by atoms with Gasteiger partial charge in [-0.05, 0) is 72.7 Å². The van der Waals surface area contributed by atoms with E-state index in [4.69, 9.17) is 14.2 Å². The first-order chi connectivity index (χ1) is 15.3. The number of carbonyl (C=O) groups excluding carboxylic acids is 1. The Morgan fingerprint density at radius 1 is 1.22 bits per heavy atom. The zero-order valence-electron chi connectivity index (χ0n) is 18.0. The van der Waals surface area contributed by atoms with E-state index in [-0.39, 0.29) is 17.3 Å². The number of cyclic esters (lactones) is 1. The van der Waals surface area contributed by atoms with E-state index < -0.39 is 10.9 Å². The molecule has 9 heteroatoms. The van der Waals surface area contributed by atoms with E-state index in [1.165, 1.54) is 6.07 Å². The maximum Gasteiger partial charge on any atom is 0.363 e. The molecule has 0 fully saturated rings. The standard InChI is InChI=1S/C23H23IN2O6/c1-4-6-9-31-21-17(24)10-15(12-20(21)30-5-2)11-18-23(27)32-22(25-18)16-8-7-14(3)19(13-16)26(28)29/h7-8,10-13H,4-6,9H2,1-3H3/b18-11-. The Kier molecular flexibility index (Phi) is 7.84. The number of aryl methyl sites for hydroxylation is 1. The number of hydrogen-bond acceptors (Lipinski definition) is 7. The number of halogens is 1. The summed E-state index contributed by atoms with van der Waals surface area (Å²) < 4.78 is 17.8. The number of aliphatic imine (C=N–C) groups is 1. The van der Waals surface area contributed by atoms with Crippen LogP contribution in [0.3, 0.4) is 0 Å². The maximum atomic E-state index is 12.4. The van der Waals surface area contributed by atoms with E-state index in [1.807, 2.05) is 13.0 Å². The summed E-state index contributed by atoms with van der Waals surface area (Å²) in [7, 11) is 0. The second kappa shape index (κ2) is 10.6. The molecule has 0 unspecified atom stereocenters. The Morgan fingerprint density at radius 3 is 2.69 bits per heavy atom. The topological polar surface area (TPSA) is 100 Å². The van der Waals surface area contributed by atoms with Crippen molar-refractivity contribution in [1.82, 2.24) is 0 Å². The molecule has 0 spiro atoms. The number of nitro groups is 1. The van der Waals surface area contributed by atoms with Crippen LogP contribution in [0.15, 0.2) is 41.0 Å². The average Bonchev–Trinajstić information content (AvgIpc) is 3.10. The molecule has 8 nitrogen and oxygen atoms in total. The third-order valence-electron chi connectivity index (χ3n) is 4.65. The molecule has 0 N–H and O–H groups in total. The van der Waals surface area contributed by atoms with Gasteiger partial charge in [0.2, 0.25) is 5.90 Å². The Morgan fingerprint density at radius 2 is 2.00 bits per heavy atom. The molecule has 2 aromatic carbocycles. The lowest BCUT2D eigenvalue weighted by Crippen LogP contribution is -2.06. The molecule has 0 aromatic heterocycles. The van der Waals surface area contributed by atoms with Crippen LogP contribution in [-0.4, -0.2) is 30.0 Å². The second-order valence-corrected chi connectivity index (χ2v) is 8.22. The molecule has 0 bridgehead atoms. The predicted octanol–water partition coefficient (Wildman–Crippen LogP) is 5.43. The van der Waals surface area contributed by atoms with Gasteiger partial charge in [0.25, 0.3) is 5.69 Å². The van der Waals surface area contributed by atoms with Crippen molar-refractivity contribution < 1.29 is 23.9 Å². The highest BCUT2D eigenvalue weighted by Gasteiger charge is 2.26. The Bertz CT molecular complexity index is 1110. The van der Waals surface area contributed by atoms with Gasteiger partial charge in [-0.25, -0.2) is 9.79 Å². The van der Waals surface area contributed by atoms with Crippen LogP contribution >= 0.6 is 22.6 Å². The molecule has 32 heavy (non-hydrogen) atoms. The fraction of sp³-hybridized carbons (Fsp3) is 0.304. The number of nitro benzene ring substituents is 1. The van der Waals surface area contributed by atoms with Crippen LogP contribution in [0, 0.1) is 20.6 Å². The third kappa shape index (κ3) is 5.45. The van der Waals surface area contributed by atoms with Crippen molar-refractivity contribution in [2.24, 2.45) is 4.99 Å². The molecule has 0 amide bonds. The minimum atomic E-state index is -0.625. The van der Waals surface area contributed by atoms with Crippen LogP contribution in [-0.2, 0) is 9.53 Å². The molecule has 3 rings (SSSR count). The van der Waals surface area contributed by atoms with Crippen molar-refractivity contribution in [3.05, 3.63) is 66.4 Å². The van der Waals surface area contributed by atoms with Crippen molar-refractivity contribution in [2.45, 2.75) is 33.6 Å². The number of unbranched alkanes of at least 4 members (excludes halogenated alkanes) is 1. The predicted molar refractivity (Wildman–Crippen MR) is 129 cm³/mol. The molecular formula is C23H23IN2O6. The summed E-state index contributed by atoms with van der Waals surface area (Å²) in [5.41, 5.74) is 1.61. The van der Waals surface area contributed by atoms with Gasteiger partial charge in [-0.1, -0.05) is 19.4 Å². The van der Waals surface area contributed by atoms with Crippen molar-refractivity contribution >= 4 is 46.2 Å². The molecule has 2 aromatic rings. The zero-order chi connectivity index (χ0) is 23.3. The van der Waals surface area contributed by atoms with Crippen LogP contribution in [0.25, 0.3) is 6.08 Å². The van der Waals surface area contributed by atoms with Gasteiger partial charge in [-0.15, -0.1) is 0 Å². The Hall–Kier alpha value is -2.95. The van der Waals surface area contributed by atoms with Gasteiger partial charge in [0.1, 0.15) is 0 Å². The summed E-state index contributed by atoms with van der Waals surface area (Å²) in [5, 5.41) is 11.2. The van der Waals surface area contributed by atoms with E-state index in [1.54, 1.807) is 31.2 Å². The average molecular weight is 550 g/mol. The molecule has 0 atom stereocenters. The number of nitrogens with zero attached hydrogens (tertiary/aromatic N) is 2.